The largest absolute Gasteiger partial charge is 0.480 e. The highest BCUT2D eigenvalue weighted by Gasteiger charge is 2.35. The van der Waals surface area contributed by atoms with Gasteiger partial charge in [0.15, 0.2) is 0 Å². The topological polar surface area (TPSA) is 52.6 Å². The summed E-state index contributed by atoms with van der Waals surface area (Å²) in [7, 11) is 2.08. The minimum Gasteiger partial charge on any atom is -0.480 e. The van der Waals surface area contributed by atoms with E-state index in [2.05, 4.69) is 31.1 Å². The fraction of sp³-hybridized carbons (Fsp3) is 0.938. The smallest absolute Gasteiger partial charge is 0.324 e. The first-order valence-corrected chi connectivity index (χ1v) is 8.11. The molecular weight excluding hydrogens is 252 g/mol. The summed E-state index contributed by atoms with van der Waals surface area (Å²) >= 11 is 0. The number of hydrogen-bond donors (Lipinski definition) is 2. The lowest BCUT2D eigenvalue weighted by molar-refractivity contribution is -0.145. The first-order chi connectivity index (χ1) is 9.42. The van der Waals surface area contributed by atoms with E-state index in [-0.39, 0.29) is 0 Å². The van der Waals surface area contributed by atoms with Gasteiger partial charge in [-0.25, -0.2) is 0 Å². The van der Waals surface area contributed by atoms with Crippen molar-refractivity contribution < 1.29 is 9.90 Å². The van der Waals surface area contributed by atoms with Crippen molar-refractivity contribution in [2.75, 3.05) is 20.1 Å². The monoisotopic (exact) mass is 284 g/mol. The molecule has 0 saturated heterocycles. The molecule has 118 valence electrons. The van der Waals surface area contributed by atoms with Gasteiger partial charge in [0.2, 0.25) is 0 Å². The van der Waals surface area contributed by atoms with Gasteiger partial charge < -0.3 is 15.3 Å². The summed E-state index contributed by atoms with van der Waals surface area (Å²) in [5, 5.41) is 12.7. The van der Waals surface area contributed by atoms with Crippen LogP contribution in [0.4, 0.5) is 0 Å². The van der Waals surface area contributed by atoms with E-state index < -0.39 is 11.5 Å². The van der Waals surface area contributed by atoms with E-state index in [0.717, 1.165) is 18.9 Å². The molecule has 1 unspecified atom stereocenters. The maximum absolute atomic E-state index is 11.6. The van der Waals surface area contributed by atoms with E-state index in [4.69, 9.17) is 0 Å². The standard InChI is InChI=1S/C16H32N2O2/c1-5-11-17-16(3,15(19)20)12-18(4)14-9-7-13(6-2)8-10-14/h13-14,17H,5-12H2,1-4H3,(H,19,20). The van der Waals surface area contributed by atoms with Crippen LogP contribution in [-0.2, 0) is 4.79 Å². The second-order valence-electron chi connectivity index (χ2n) is 6.56. The molecule has 1 saturated carbocycles. The maximum Gasteiger partial charge on any atom is 0.324 e. The van der Waals surface area contributed by atoms with Crippen molar-refractivity contribution in [1.82, 2.24) is 10.2 Å². The number of carbonyl (C=O) groups is 1. The Morgan fingerprint density at radius 1 is 1.30 bits per heavy atom. The molecule has 1 fully saturated rings. The Balaban J connectivity index is 2.53. The van der Waals surface area contributed by atoms with E-state index in [1.54, 1.807) is 6.92 Å². The molecule has 0 amide bonds. The minimum absolute atomic E-state index is 0.542. The Morgan fingerprint density at radius 3 is 2.35 bits per heavy atom. The highest BCUT2D eigenvalue weighted by Crippen LogP contribution is 2.29. The van der Waals surface area contributed by atoms with E-state index >= 15 is 0 Å². The normalized spacial score (nSPS) is 26.4. The van der Waals surface area contributed by atoms with Crippen LogP contribution in [0.3, 0.4) is 0 Å². The highest BCUT2D eigenvalue weighted by atomic mass is 16.4. The Kier molecular flexibility index (Phi) is 6.96. The molecule has 0 aromatic heterocycles. The van der Waals surface area contributed by atoms with Crippen LogP contribution in [0.15, 0.2) is 0 Å². The van der Waals surface area contributed by atoms with E-state index in [1.165, 1.54) is 32.1 Å². The van der Waals surface area contributed by atoms with Crippen molar-refractivity contribution >= 4 is 5.97 Å². The molecule has 0 aliphatic heterocycles. The van der Waals surface area contributed by atoms with Crippen LogP contribution in [0, 0.1) is 5.92 Å². The average Bonchev–Trinajstić information content (AvgIpc) is 2.45. The number of nitrogens with one attached hydrogen (secondary N) is 1. The summed E-state index contributed by atoms with van der Waals surface area (Å²) in [4.78, 5) is 13.8. The number of carboxylic acids is 1. The van der Waals surface area contributed by atoms with Crippen LogP contribution >= 0.6 is 0 Å². The molecule has 1 aliphatic rings. The van der Waals surface area contributed by atoms with Crippen molar-refractivity contribution in [3.8, 4) is 0 Å². The predicted octanol–water partition coefficient (Wildman–Crippen LogP) is 2.73. The third-order valence-corrected chi connectivity index (χ3v) is 4.82. The molecule has 1 atom stereocenters. The number of rotatable bonds is 8. The molecule has 0 heterocycles. The first-order valence-electron chi connectivity index (χ1n) is 8.11. The number of nitrogens with zero attached hydrogens (tertiary/aromatic N) is 1. The fourth-order valence-corrected chi connectivity index (χ4v) is 3.22. The predicted molar refractivity (Wildman–Crippen MR) is 83.0 cm³/mol. The summed E-state index contributed by atoms with van der Waals surface area (Å²) < 4.78 is 0. The fourth-order valence-electron chi connectivity index (χ4n) is 3.22. The van der Waals surface area contributed by atoms with Crippen molar-refractivity contribution in [1.29, 1.82) is 0 Å². The van der Waals surface area contributed by atoms with Gasteiger partial charge >= 0.3 is 5.97 Å². The van der Waals surface area contributed by atoms with Crippen molar-refractivity contribution in [2.24, 2.45) is 5.92 Å². The number of carboxylic acid groups (broad SMARTS) is 1. The molecule has 0 spiro atoms. The second-order valence-corrected chi connectivity index (χ2v) is 6.56. The molecule has 2 N–H and O–H groups in total. The van der Waals surface area contributed by atoms with Crippen LogP contribution in [0.2, 0.25) is 0 Å². The van der Waals surface area contributed by atoms with Crippen LogP contribution in [-0.4, -0.2) is 47.7 Å². The summed E-state index contributed by atoms with van der Waals surface area (Å²) in [6, 6.07) is 0.542. The zero-order valence-corrected chi connectivity index (χ0v) is 13.6. The van der Waals surface area contributed by atoms with Gasteiger partial charge in [0.05, 0.1) is 0 Å². The molecule has 1 rings (SSSR count). The molecule has 0 radical (unpaired) electrons. The van der Waals surface area contributed by atoms with Gasteiger partial charge in [0.25, 0.3) is 0 Å². The van der Waals surface area contributed by atoms with Gasteiger partial charge in [-0.15, -0.1) is 0 Å². The third-order valence-electron chi connectivity index (χ3n) is 4.82. The van der Waals surface area contributed by atoms with Gasteiger partial charge in [-0.1, -0.05) is 20.3 Å². The number of aliphatic carboxylic acids is 1. The summed E-state index contributed by atoms with van der Waals surface area (Å²) in [6.07, 6.45) is 7.22. The van der Waals surface area contributed by atoms with Crippen LogP contribution in [0.1, 0.15) is 59.3 Å². The van der Waals surface area contributed by atoms with E-state index in [1.807, 2.05) is 0 Å². The average molecular weight is 284 g/mol. The Hall–Kier alpha value is -0.610. The summed E-state index contributed by atoms with van der Waals surface area (Å²) in [5.74, 6) is 0.128. The zero-order valence-electron chi connectivity index (χ0n) is 13.6. The Labute approximate surface area is 123 Å². The number of hydrogen-bond acceptors (Lipinski definition) is 3. The van der Waals surface area contributed by atoms with E-state index in [9.17, 15) is 9.90 Å². The molecule has 0 aromatic rings. The van der Waals surface area contributed by atoms with Crippen molar-refractivity contribution in [3.05, 3.63) is 0 Å². The molecule has 1 aliphatic carbocycles. The SMILES string of the molecule is CCCNC(C)(CN(C)C1CCC(CC)CC1)C(=O)O. The quantitative estimate of drug-likeness (QED) is 0.719. The van der Waals surface area contributed by atoms with Crippen molar-refractivity contribution in [2.45, 2.75) is 70.9 Å². The van der Waals surface area contributed by atoms with Crippen LogP contribution in [0.5, 0.6) is 0 Å². The van der Waals surface area contributed by atoms with Gasteiger partial charge in [0, 0.05) is 12.6 Å². The van der Waals surface area contributed by atoms with Gasteiger partial charge in [-0.05, 0) is 58.5 Å². The Morgan fingerprint density at radius 2 is 1.90 bits per heavy atom. The van der Waals surface area contributed by atoms with E-state index in [0.29, 0.717) is 12.6 Å². The summed E-state index contributed by atoms with van der Waals surface area (Å²) in [6.45, 7) is 7.46. The molecule has 4 heteroatoms. The number of likely N-dealkylation sites (N-methyl/N-ethyl adjacent to an activating group) is 1. The minimum atomic E-state index is -0.841. The van der Waals surface area contributed by atoms with Crippen LogP contribution in [0.25, 0.3) is 0 Å². The Bertz CT molecular complexity index is 301. The lowest BCUT2D eigenvalue weighted by atomic mass is 9.83. The highest BCUT2D eigenvalue weighted by molar-refractivity contribution is 5.78. The van der Waals surface area contributed by atoms with Crippen LogP contribution < -0.4 is 5.32 Å². The second kappa shape index (κ2) is 7.99. The lowest BCUT2D eigenvalue weighted by Gasteiger charge is -2.38. The molecule has 0 bridgehead atoms. The molecule has 0 aromatic carbocycles. The molecule has 4 nitrogen and oxygen atoms in total. The molecule has 20 heavy (non-hydrogen) atoms. The first kappa shape index (κ1) is 17.4. The lowest BCUT2D eigenvalue weighted by Crippen LogP contribution is -2.58. The maximum atomic E-state index is 11.6. The van der Waals surface area contributed by atoms with Gasteiger partial charge in [-0.2, -0.15) is 0 Å². The van der Waals surface area contributed by atoms with Crippen molar-refractivity contribution in [3.63, 3.8) is 0 Å². The third kappa shape index (κ3) is 4.74. The zero-order chi connectivity index (χ0) is 15.2. The molecular formula is C16H32N2O2. The summed E-state index contributed by atoms with van der Waals surface area (Å²) in [5.41, 5.74) is -0.841. The van der Waals surface area contributed by atoms with Gasteiger partial charge in [-0.3, -0.25) is 4.79 Å². The van der Waals surface area contributed by atoms with Gasteiger partial charge in [0.1, 0.15) is 5.54 Å².